The Balaban J connectivity index is 1.27. The Morgan fingerprint density at radius 3 is 1.73 bits per heavy atom. The van der Waals surface area contributed by atoms with Gasteiger partial charge in [0.2, 0.25) is 0 Å². The first-order chi connectivity index (χ1) is 21.8. The summed E-state index contributed by atoms with van der Waals surface area (Å²) in [6.45, 7) is 0. The van der Waals surface area contributed by atoms with E-state index in [0.717, 1.165) is 66.7 Å². The number of furan rings is 1. The van der Waals surface area contributed by atoms with E-state index in [1.54, 1.807) is 0 Å². The minimum atomic E-state index is 0.907. The molecule has 4 heteroatoms. The number of fused-ring (bicyclic) bond motifs is 6. The predicted molar refractivity (Wildman–Crippen MR) is 180 cm³/mol. The number of hydrogen-bond acceptors (Lipinski definition) is 3. The number of hydrogen-bond donors (Lipinski definition) is 0. The van der Waals surface area contributed by atoms with Crippen LogP contribution < -0.4 is 0 Å². The highest BCUT2D eigenvalue weighted by Gasteiger charge is 2.16. The predicted octanol–water partition coefficient (Wildman–Crippen LogP) is 10.5. The van der Waals surface area contributed by atoms with Gasteiger partial charge in [0, 0.05) is 50.8 Å². The number of benzene rings is 5. The van der Waals surface area contributed by atoms with Crippen molar-refractivity contribution >= 4 is 43.7 Å². The molecule has 0 aliphatic carbocycles. The fourth-order valence-electron chi connectivity index (χ4n) is 6.44. The Bertz CT molecular complexity index is 2430. The van der Waals surface area contributed by atoms with E-state index < -0.39 is 0 Å². The molecule has 0 amide bonds. The van der Waals surface area contributed by atoms with Crippen LogP contribution in [0.15, 0.2) is 156 Å². The maximum atomic E-state index is 6.09. The fourth-order valence-corrected chi connectivity index (χ4v) is 6.44. The van der Waals surface area contributed by atoms with Crippen molar-refractivity contribution in [1.29, 1.82) is 0 Å². The second kappa shape index (κ2) is 9.79. The molecule has 5 aromatic carbocycles. The normalized spacial score (nSPS) is 11.6. The molecule has 0 spiro atoms. The van der Waals surface area contributed by atoms with E-state index in [1.807, 2.05) is 48.8 Å². The third-order valence-corrected chi connectivity index (χ3v) is 8.48. The standard InChI is InChI=1S/C40H25N3O/c1-3-13-37-31(9-1)33-24-26(27-16-18-40-34(25-27)32-10-2-4-14-39(32)44-40)15-17-38(33)43(37)30-22-28(35-11-5-7-19-41-35)21-29(23-30)36-12-6-8-20-42-36/h1-25H. The number of rotatable bonds is 4. The van der Waals surface area contributed by atoms with Crippen LogP contribution >= 0.6 is 0 Å². The van der Waals surface area contributed by atoms with Crippen LogP contribution in [0.1, 0.15) is 0 Å². The zero-order chi connectivity index (χ0) is 29.0. The van der Waals surface area contributed by atoms with Crippen molar-refractivity contribution in [2.75, 3.05) is 0 Å². The van der Waals surface area contributed by atoms with E-state index in [2.05, 4.69) is 118 Å². The SMILES string of the molecule is c1ccc(-c2cc(-c3ccccn3)cc(-n3c4ccccc4c4cc(-c5ccc6oc7ccccc7c6c5)ccc43)c2)nc1. The quantitative estimate of drug-likeness (QED) is 0.214. The first-order valence-corrected chi connectivity index (χ1v) is 14.7. The molecule has 0 radical (unpaired) electrons. The largest absolute Gasteiger partial charge is 0.456 e. The Labute approximate surface area is 253 Å². The third kappa shape index (κ3) is 3.92. The zero-order valence-corrected chi connectivity index (χ0v) is 23.7. The number of pyridine rings is 2. The van der Waals surface area contributed by atoms with Gasteiger partial charge >= 0.3 is 0 Å². The molecule has 0 saturated heterocycles. The maximum absolute atomic E-state index is 6.09. The molecule has 0 atom stereocenters. The monoisotopic (exact) mass is 563 g/mol. The molecule has 4 aromatic heterocycles. The van der Waals surface area contributed by atoms with E-state index in [-0.39, 0.29) is 0 Å². The lowest BCUT2D eigenvalue weighted by Gasteiger charge is -2.13. The van der Waals surface area contributed by atoms with Crippen molar-refractivity contribution in [3.05, 3.63) is 152 Å². The Hall–Kier alpha value is -6.00. The van der Waals surface area contributed by atoms with Crippen molar-refractivity contribution in [2.24, 2.45) is 0 Å². The van der Waals surface area contributed by atoms with Gasteiger partial charge in [-0.15, -0.1) is 0 Å². The first kappa shape index (κ1) is 24.6. The van der Waals surface area contributed by atoms with Gasteiger partial charge in [-0.25, -0.2) is 0 Å². The zero-order valence-electron chi connectivity index (χ0n) is 23.7. The maximum Gasteiger partial charge on any atom is 0.135 e. The summed E-state index contributed by atoms with van der Waals surface area (Å²) >= 11 is 0. The molecule has 4 nitrogen and oxygen atoms in total. The van der Waals surface area contributed by atoms with Crippen molar-refractivity contribution in [2.45, 2.75) is 0 Å². The Kier molecular flexibility index (Phi) is 5.47. The highest BCUT2D eigenvalue weighted by molar-refractivity contribution is 6.11. The van der Waals surface area contributed by atoms with Gasteiger partial charge in [-0.2, -0.15) is 0 Å². The van der Waals surface area contributed by atoms with E-state index in [9.17, 15) is 0 Å². The molecule has 0 saturated carbocycles. The van der Waals surface area contributed by atoms with Gasteiger partial charge in [0.1, 0.15) is 11.2 Å². The summed E-state index contributed by atoms with van der Waals surface area (Å²) in [4.78, 5) is 9.35. The second-order valence-electron chi connectivity index (χ2n) is 11.1. The van der Waals surface area contributed by atoms with Gasteiger partial charge in [0.05, 0.1) is 22.4 Å². The van der Waals surface area contributed by atoms with Crippen molar-refractivity contribution in [1.82, 2.24) is 14.5 Å². The van der Waals surface area contributed by atoms with Crippen LogP contribution in [0.25, 0.3) is 83.1 Å². The molecule has 4 heterocycles. The minimum Gasteiger partial charge on any atom is -0.456 e. The molecule has 44 heavy (non-hydrogen) atoms. The molecule has 0 unspecified atom stereocenters. The summed E-state index contributed by atoms with van der Waals surface area (Å²) in [6.07, 6.45) is 3.68. The van der Waals surface area contributed by atoms with Crippen molar-refractivity contribution in [3.8, 4) is 39.3 Å². The number of para-hydroxylation sites is 2. The Morgan fingerprint density at radius 2 is 1.00 bits per heavy atom. The van der Waals surface area contributed by atoms with Crippen LogP contribution in [0.2, 0.25) is 0 Å². The second-order valence-corrected chi connectivity index (χ2v) is 11.1. The molecular weight excluding hydrogens is 538 g/mol. The van der Waals surface area contributed by atoms with Gasteiger partial charge in [-0.05, 0) is 90.0 Å². The van der Waals surface area contributed by atoms with Crippen LogP contribution in [0.3, 0.4) is 0 Å². The fraction of sp³-hybridized carbons (Fsp3) is 0. The van der Waals surface area contributed by atoms with Gasteiger partial charge in [0.25, 0.3) is 0 Å². The number of aromatic nitrogens is 3. The topological polar surface area (TPSA) is 43.9 Å². The summed E-state index contributed by atoms with van der Waals surface area (Å²) in [5, 5.41) is 4.69. The first-order valence-electron chi connectivity index (χ1n) is 14.7. The lowest BCUT2D eigenvalue weighted by atomic mass is 10.0. The molecule has 0 aliphatic heterocycles. The highest BCUT2D eigenvalue weighted by Crippen LogP contribution is 2.38. The van der Waals surface area contributed by atoms with Crippen LogP contribution in [0, 0.1) is 0 Å². The summed E-state index contributed by atoms with van der Waals surface area (Å²) < 4.78 is 8.46. The van der Waals surface area contributed by atoms with E-state index in [0.29, 0.717) is 0 Å². The van der Waals surface area contributed by atoms with Gasteiger partial charge in [-0.1, -0.05) is 60.7 Å². The molecule has 0 N–H and O–H groups in total. The summed E-state index contributed by atoms with van der Waals surface area (Å²) in [6, 6.07) is 48.8. The van der Waals surface area contributed by atoms with E-state index in [1.165, 1.54) is 16.3 Å². The summed E-state index contributed by atoms with van der Waals surface area (Å²) in [5.74, 6) is 0. The van der Waals surface area contributed by atoms with E-state index >= 15 is 0 Å². The van der Waals surface area contributed by atoms with Crippen LogP contribution in [-0.2, 0) is 0 Å². The molecule has 206 valence electrons. The van der Waals surface area contributed by atoms with Gasteiger partial charge < -0.3 is 8.98 Å². The molecular formula is C40H25N3O. The van der Waals surface area contributed by atoms with Crippen molar-refractivity contribution in [3.63, 3.8) is 0 Å². The average Bonchev–Trinajstić information content (AvgIpc) is 3.64. The molecule has 0 aliphatic rings. The van der Waals surface area contributed by atoms with Gasteiger partial charge in [-0.3, -0.25) is 9.97 Å². The lowest BCUT2D eigenvalue weighted by molar-refractivity contribution is 0.669. The molecule has 9 aromatic rings. The van der Waals surface area contributed by atoms with Gasteiger partial charge in [0.15, 0.2) is 0 Å². The molecule has 0 fully saturated rings. The van der Waals surface area contributed by atoms with E-state index in [4.69, 9.17) is 4.42 Å². The van der Waals surface area contributed by atoms with Crippen molar-refractivity contribution < 1.29 is 4.42 Å². The highest BCUT2D eigenvalue weighted by atomic mass is 16.3. The van der Waals surface area contributed by atoms with Crippen LogP contribution in [0.5, 0.6) is 0 Å². The third-order valence-electron chi connectivity index (χ3n) is 8.48. The summed E-state index contributed by atoms with van der Waals surface area (Å²) in [5.41, 5.74) is 11.5. The lowest BCUT2D eigenvalue weighted by Crippen LogP contribution is -1.97. The minimum absolute atomic E-state index is 0.907. The summed E-state index contributed by atoms with van der Waals surface area (Å²) in [7, 11) is 0. The van der Waals surface area contributed by atoms with Crippen LogP contribution in [0.4, 0.5) is 0 Å². The average molecular weight is 564 g/mol. The van der Waals surface area contributed by atoms with Crippen LogP contribution in [-0.4, -0.2) is 14.5 Å². The Morgan fingerprint density at radius 1 is 0.409 bits per heavy atom. The smallest absolute Gasteiger partial charge is 0.135 e. The molecule has 9 rings (SSSR count). The number of nitrogens with zero attached hydrogens (tertiary/aromatic N) is 3. The molecule has 0 bridgehead atoms.